The third kappa shape index (κ3) is 3.63. The largest absolute Gasteiger partial charge is 0.481 e. The van der Waals surface area contributed by atoms with Gasteiger partial charge in [-0.15, -0.1) is 0 Å². The van der Waals surface area contributed by atoms with Gasteiger partial charge in [-0.1, -0.05) is 0 Å². The van der Waals surface area contributed by atoms with Crippen molar-refractivity contribution in [2.75, 3.05) is 20.8 Å². The van der Waals surface area contributed by atoms with Gasteiger partial charge in [-0.2, -0.15) is 0 Å². The van der Waals surface area contributed by atoms with Gasteiger partial charge in [0.25, 0.3) is 0 Å². The van der Waals surface area contributed by atoms with Crippen molar-refractivity contribution >= 4 is 5.78 Å². The van der Waals surface area contributed by atoms with Crippen LogP contribution in [0.15, 0.2) is 12.4 Å². The molecule has 5 heteroatoms. The van der Waals surface area contributed by atoms with E-state index in [1.54, 1.807) is 7.11 Å². The van der Waals surface area contributed by atoms with Crippen LogP contribution in [0.3, 0.4) is 0 Å². The summed E-state index contributed by atoms with van der Waals surface area (Å²) in [5.74, 6) is 0.382. The third-order valence-electron chi connectivity index (χ3n) is 1.89. The van der Waals surface area contributed by atoms with E-state index >= 15 is 0 Å². The SMILES string of the molecule is COCCCC(=O)c1cc(OC)ncn1. The molecule has 1 heterocycles. The Kier molecular flexibility index (Phi) is 4.70. The number of methoxy groups -OCH3 is 2. The molecule has 0 aliphatic rings. The van der Waals surface area contributed by atoms with E-state index in [1.807, 2.05) is 0 Å². The number of nitrogens with zero attached hydrogens (tertiary/aromatic N) is 2. The summed E-state index contributed by atoms with van der Waals surface area (Å²) in [5, 5.41) is 0. The molecule has 0 spiro atoms. The Morgan fingerprint density at radius 2 is 2.20 bits per heavy atom. The molecule has 0 saturated carbocycles. The van der Waals surface area contributed by atoms with Crippen LogP contribution in [0, 0.1) is 0 Å². The van der Waals surface area contributed by atoms with Crippen LogP contribution in [0.5, 0.6) is 5.88 Å². The second-order valence-corrected chi connectivity index (χ2v) is 2.97. The zero-order valence-electron chi connectivity index (χ0n) is 8.90. The summed E-state index contributed by atoms with van der Waals surface area (Å²) in [7, 11) is 3.11. The molecule has 0 fully saturated rings. The monoisotopic (exact) mass is 210 g/mol. The van der Waals surface area contributed by atoms with Gasteiger partial charge in [0.2, 0.25) is 5.88 Å². The first-order valence-electron chi connectivity index (χ1n) is 4.66. The van der Waals surface area contributed by atoms with E-state index < -0.39 is 0 Å². The number of carbonyl (C=O) groups excluding carboxylic acids is 1. The van der Waals surface area contributed by atoms with Crippen molar-refractivity contribution in [2.24, 2.45) is 0 Å². The lowest BCUT2D eigenvalue weighted by Gasteiger charge is -2.01. The van der Waals surface area contributed by atoms with Gasteiger partial charge < -0.3 is 9.47 Å². The van der Waals surface area contributed by atoms with Gasteiger partial charge in [-0.3, -0.25) is 4.79 Å². The number of carbonyl (C=O) groups is 1. The maximum absolute atomic E-state index is 11.6. The number of Topliss-reactive ketones (excluding diaryl/α,β-unsaturated/α-hetero) is 1. The molecule has 0 unspecified atom stereocenters. The van der Waals surface area contributed by atoms with Crippen LogP contribution in [-0.4, -0.2) is 36.6 Å². The average molecular weight is 210 g/mol. The highest BCUT2D eigenvalue weighted by Crippen LogP contribution is 2.08. The molecular weight excluding hydrogens is 196 g/mol. The maximum atomic E-state index is 11.6. The van der Waals surface area contributed by atoms with Gasteiger partial charge in [0.1, 0.15) is 12.0 Å². The minimum Gasteiger partial charge on any atom is -0.481 e. The molecule has 0 bridgehead atoms. The van der Waals surface area contributed by atoms with Crippen molar-refractivity contribution < 1.29 is 14.3 Å². The summed E-state index contributed by atoms with van der Waals surface area (Å²) in [6.07, 6.45) is 2.44. The standard InChI is InChI=1S/C10H14N2O3/c1-14-5-3-4-9(13)8-6-10(15-2)12-7-11-8/h6-7H,3-5H2,1-2H3. The van der Waals surface area contributed by atoms with Gasteiger partial charge in [0.15, 0.2) is 5.78 Å². The van der Waals surface area contributed by atoms with Crippen LogP contribution < -0.4 is 4.74 Å². The van der Waals surface area contributed by atoms with E-state index in [4.69, 9.17) is 9.47 Å². The normalized spacial score (nSPS) is 10.0. The smallest absolute Gasteiger partial charge is 0.216 e. The lowest BCUT2D eigenvalue weighted by molar-refractivity contribution is 0.0958. The van der Waals surface area contributed by atoms with E-state index in [0.717, 1.165) is 0 Å². The Hall–Kier alpha value is -1.49. The molecule has 0 aliphatic carbocycles. The summed E-state index contributed by atoms with van der Waals surface area (Å²) in [5.41, 5.74) is 0.387. The molecular formula is C10H14N2O3. The zero-order valence-corrected chi connectivity index (χ0v) is 8.90. The second kappa shape index (κ2) is 6.08. The minimum atomic E-state index is -0.0206. The summed E-state index contributed by atoms with van der Waals surface area (Å²) >= 11 is 0. The molecule has 0 amide bonds. The zero-order chi connectivity index (χ0) is 11.1. The van der Waals surface area contributed by atoms with Gasteiger partial charge in [-0.05, 0) is 6.42 Å². The lowest BCUT2D eigenvalue weighted by atomic mass is 10.1. The molecule has 0 N–H and O–H groups in total. The van der Waals surface area contributed by atoms with Gasteiger partial charge >= 0.3 is 0 Å². The lowest BCUT2D eigenvalue weighted by Crippen LogP contribution is -2.04. The fourth-order valence-electron chi connectivity index (χ4n) is 1.11. The molecule has 15 heavy (non-hydrogen) atoms. The molecule has 0 atom stereocenters. The fourth-order valence-corrected chi connectivity index (χ4v) is 1.11. The first-order chi connectivity index (χ1) is 7.27. The molecule has 1 rings (SSSR count). The Morgan fingerprint density at radius 1 is 1.40 bits per heavy atom. The highest BCUT2D eigenvalue weighted by atomic mass is 16.5. The Balaban J connectivity index is 2.57. The van der Waals surface area contributed by atoms with Crippen LogP contribution in [0.2, 0.25) is 0 Å². The molecule has 0 aliphatic heterocycles. The number of hydrogen-bond acceptors (Lipinski definition) is 5. The van der Waals surface area contributed by atoms with Gasteiger partial charge in [-0.25, -0.2) is 9.97 Å². The summed E-state index contributed by atoms with van der Waals surface area (Å²) in [6, 6.07) is 1.54. The number of aromatic nitrogens is 2. The molecule has 0 radical (unpaired) electrons. The fraction of sp³-hybridized carbons (Fsp3) is 0.500. The molecule has 1 aromatic rings. The maximum Gasteiger partial charge on any atom is 0.216 e. The summed E-state index contributed by atoms with van der Waals surface area (Å²) in [4.78, 5) is 19.3. The van der Waals surface area contributed by atoms with Crippen molar-refractivity contribution in [2.45, 2.75) is 12.8 Å². The summed E-state index contributed by atoms with van der Waals surface area (Å²) < 4.78 is 9.77. The van der Waals surface area contributed by atoms with Crippen molar-refractivity contribution in [3.05, 3.63) is 18.1 Å². The van der Waals surface area contributed by atoms with Gasteiger partial charge in [0.05, 0.1) is 7.11 Å². The minimum absolute atomic E-state index is 0.0206. The van der Waals surface area contributed by atoms with Gasteiger partial charge in [0, 0.05) is 26.2 Å². The Morgan fingerprint density at radius 3 is 2.87 bits per heavy atom. The van der Waals surface area contributed by atoms with E-state index in [2.05, 4.69) is 9.97 Å². The number of rotatable bonds is 6. The number of hydrogen-bond donors (Lipinski definition) is 0. The Labute approximate surface area is 88.4 Å². The highest BCUT2D eigenvalue weighted by molar-refractivity contribution is 5.94. The van der Waals surface area contributed by atoms with Crippen molar-refractivity contribution in [1.29, 1.82) is 0 Å². The summed E-state index contributed by atoms with van der Waals surface area (Å²) in [6.45, 7) is 0.577. The first kappa shape index (κ1) is 11.6. The van der Waals surface area contributed by atoms with Crippen LogP contribution in [0.25, 0.3) is 0 Å². The van der Waals surface area contributed by atoms with Crippen LogP contribution >= 0.6 is 0 Å². The quantitative estimate of drug-likeness (QED) is 0.519. The molecule has 82 valence electrons. The van der Waals surface area contributed by atoms with Crippen molar-refractivity contribution in [3.8, 4) is 5.88 Å². The predicted octanol–water partition coefficient (Wildman–Crippen LogP) is 1.09. The molecule has 0 aromatic carbocycles. The van der Waals surface area contributed by atoms with Crippen LogP contribution in [0.4, 0.5) is 0 Å². The van der Waals surface area contributed by atoms with E-state index in [-0.39, 0.29) is 5.78 Å². The van der Waals surface area contributed by atoms with E-state index in [0.29, 0.717) is 31.0 Å². The van der Waals surface area contributed by atoms with Crippen LogP contribution in [-0.2, 0) is 4.74 Å². The molecule has 0 saturated heterocycles. The average Bonchev–Trinajstić information content (AvgIpc) is 2.29. The molecule has 5 nitrogen and oxygen atoms in total. The van der Waals surface area contributed by atoms with E-state index in [1.165, 1.54) is 19.5 Å². The third-order valence-corrected chi connectivity index (χ3v) is 1.89. The topological polar surface area (TPSA) is 61.3 Å². The molecule has 1 aromatic heterocycles. The number of ether oxygens (including phenoxy) is 2. The first-order valence-corrected chi connectivity index (χ1v) is 4.66. The predicted molar refractivity (Wildman–Crippen MR) is 54.0 cm³/mol. The number of ketones is 1. The van der Waals surface area contributed by atoms with Crippen molar-refractivity contribution in [3.63, 3.8) is 0 Å². The highest BCUT2D eigenvalue weighted by Gasteiger charge is 2.08. The second-order valence-electron chi connectivity index (χ2n) is 2.97. The van der Waals surface area contributed by atoms with Crippen molar-refractivity contribution in [1.82, 2.24) is 9.97 Å². The van der Waals surface area contributed by atoms with E-state index in [9.17, 15) is 4.79 Å². The Bertz CT molecular complexity index is 328. The van der Waals surface area contributed by atoms with Crippen LogP contribution in [0.1, 0.15) is 23.3 Å².